The van der Waals surface area contributed by atoms with Gasteiger partial charge >= 0.3 is 0 Å². The third-order valence-corrected chi connectivity index (χ3v) is 5.40. The van der Waals surface area contributed by atoms with Gasteiger partial charge in [0.05, 0.1) is 0 Å². The van der Waals surface area contributed by atoms with Gasteiger partial charge in [-0.3, -0.25) is 11.3 Å². The van der Waals surface area contributed by atoms with Gasteiger partial charge in [-0.05, 0) is 41.2 Å². The van der Waals surface area contributed by atoms with E-state index in [1.165, 1.54) is 47.8 Å². The Kier molecular flexibility index (Phi) is 4.16. The molecule has 1 aromatic carbocycles. The summed E-state index contributed by atoms with van der Waals surface area (Å²) in [6, 6.07) is 9.03. The Hall–Kier alpha value is -0.900. The van der Waals surface area contributed by atoms with Gasteiger partial charge in [0, 0.05) is 10.7 Å². The van der Waals surface area contributed by atoms with Crippen LogP contribution in [0.1, 0.15) is 50.1 Å². The van der Waals surface area contributed by atoms with Crippen LogP contribution in [0, 0.1) is 5.92 Å². The predicted octanol–water partition coefficient (Wildman–Crippen LogP) is 4.38. The number of nitrogens with one attached hydrogen (secondary N) is 1. The Bertz CT molecular complexity index is 528. The highest BCUT2D eigenvalue weighted by Crippen LogP contribution is 2.34. The first-order valence-electron chi connectivity index (χ1n) is 7.30. The first-order chi connectivity index (χ1) is 9.38. The van der Waals surface area contributed by atoms with Crippen LogP contribution in [0.4, 0.5) is 0 Å². The number of hydrogen-bond donors (Lipinski definition) is 2. The summed E-state index contributed by atoms with van der Waals surface area (Å²) in [5.41, 5.74) is 4.40. The Balaban J connectivity index is 1.75. The third-order valence-electron chi connectivity index (χ3n) is 4.42. The fraction of sp³-hybridized carbons (Fsp3) is 0.500. The van der Waals surface area contributed by atoms with Crippen molar-refractivity contribution in [3.63, 3.8) is 0 Å². The van der Waals surface area contributed by atoms with Crippen molar-refractivity contribution in [2.24, 2.45) is 11.8 Å². The maximum Gasteiger partial charge on any atom is 0.0474 e. The van der Waals surface area contributed by atoms with Gasteiger partial charge < -0.3 is 0 Å². The van der Waals surface area contributed by atoms with Crippen LogP contribution in [0.25, 0.3) is 10.1 Å². The van der Waals surface area contributed by atoms with Crippen LogP contribution in [-0.4, -0.2) is 0 Å². The van der Waals surface area contributed by atoms with Crippen LogP contribution in [0.15, 0.2) is 29.6 Å². The zero-order valence-electron chi connectivity index (χ0n) is 11.3. The molecule has 0 aliphatic heterocycles. The lowest BCUT2D eigenvalue weighted by Gasteiger charge is -2.19. The highest BCUT2D eigenvalue weighted by atomic mass is 32.1. The molecule has 0 spiro atoms. The monoisotopic (exact) mass is 274 g/mol. The number of hydrazine groups is 1. The molecule has 1 fully saturated rings. The molecule has 1 heterocycles. The van der Waals surface area contributed by atoms with Crippen molar-refractivity contribution in [3.05, 3.63) is 35.2 Å². The van der Waals surface area contributed by atoms with Gasteiger partial charge in [0.2, 0.25) is 0 Å². The zero-order valence-corrected chi connectivity index (χ0v) is 12.1. The van der Waals surface area contributed by atoms with E-state index in [0.717, 1.165) is 12.3 Å². The quantitative estimate of drug-likeness (QED) is 0.627. The summed E-state index contributed by atoms with van der Waals surface area (Å²) in [4.78, 5) is 0. The molecule has 1 aliphatic carbocycles. The Labute approximate surface area is 119 Å². The molecule has 1 unspecified atom stereocenters. The van der Waals surface area contributed by atoms with Gasteiger partial charge in [0.15, 0.2) is 0 Å². The summed E-state index contributed by atoms with van der Waals surface area (Å²) in [6.45, 7) is 0. The number of hydrogen-bond acceptors (Lipinski definition) is 3. The van der Waals surface area contributed by atoms with E-state index in [1.54, 1.807) is 0 Å². The van der Waals surface area contributed by atoms with Crippen molar-refractivity contribution in [1.82, 2.24) is 5.43 Å². The SMILES string of the molecule is NNC(CCC1CCCC1)c1cccc2ccsc12. The molecule has 0 saturated heterocycles. The van der Waals surface area contributed by atoms with Gasteiger partial charge in [-0.1, -0.05) is 43.9 Å². The molecule has 3 rings (SSSR count). The second kappa shape index (κ2) is 6.04. The summed E-state index contributed by atoms with van der Waals surface area (Å²) < 4.78 is 1.39. The summed E-state index contributed by atoms with van der Waals surface area (Å²) in [7, 11) is 0. The molecule has 1 atom stereocenters. The van der Waals surface area contributed by atoms with Crippen LogP contribution in [-0.2, 0) is 0 Å². The Morgan fingerprint density at radius 1 is 1.26 bits per heavy atom. The molecule has 2 aromatic rings. The molecule has 2 nitrogen and oxygen atoms in total. The molecular weight excluding hydrogens is 252 g/mol. The lowest BCUT2D eigenvalue weighted by atomic mass is 9.95. The molecule has 1 aliphatic rings. The van der Waals surface area contributed by atoms with Crippen LogP contribution in [0.5, 0.6) is 0 Å². The van der Waals surface area contributed by atoms with Crippen LogP contribution < -0.4 is 11.3 Å². The van der Waals surface area contributed by atoms with Crippen molar-refractivity contribution in [3.8, 4) is 0 Å². The summed E-state index contributed by atoms with van der Waals surface area (Å²) in [5, 5.41) is 3.50. The van der Waals surface area contributed by atoms with E-state index in [-0.39, 0.29) is 0 Å². The highest BCUT2D eigenvalue weighted by Gasteiger charge is 2.19. The number of benzene rings is 1. The van der Waals surface area contributed by atoms with Crippen molar-refractivity contribution < 1.29 is 0 Å². The van der Waals surface area contributed by atoms with Gasteiger partial charge in [-0.25, -0.2) is 0 Å². The topological polar surface area (TPSA) is 38.0 Å². The number of rotatable bonds is 5. The Morgan fingerprint density at radius 2 is 2.11 bits per heavy atom. The van der Waals surface area contributed by atoms with E-state index < -0.39 is 0 Å². The molecule has 1 saturated carbocycles. The summed E-state index contributed by atoms with van der Waals surface area (Å²) >= 11 is 1.82. The molecule has 0 amide bonds. The van der Waals surface area contributed by atoms with Crippen molar-refractivity contribution >= 4 is 21.4 Å². The van der Waals surface area contributed by atoms with Crippen molar-refractivity contribution in [2.45, 2.75) is 44.6 Å². The lowest BCUT2D eigenvalue weighted by molar-refractivity contribution is 0.418. The van der Waals surface area contributed by atoms with Crippen molar-refractivity contribution in [2.75, 3.05) is 0 Å². The highest BCUT2D eigenvalue weighted by molar-refractivity contribution is 7.17. The molecule has 102 valence electrons. The standard InChI is InChI=1S/C16H22N2S/c17-18-15(9-8-12-4-1-2-5-12)14-7-3-6-13-10-11-19-16(13)14/h3,6-7,10-12,15,18H,1-2,4-5,8-9,17H2. The first kappa shape index (κ1) is 13.1. The molecule has 0 radical (unpaired) electrons. The van der Waals surface area contributed by atoms with Gasteiger partial charge in [-0.15, -0.1) is 11.3 Å². The zero-order chi connectivity index (χ0) is 13.1. The van der Waals surface area contributed by atoms with Gasteiger partial charge in [0.1, 0.15) is 0 Å². The van der Waals surface area contributed by atoms with E-state index in [4.69, 9.17) is 5.84 Å². The van der Waals surface area contributed by atoms with E-state index >= 15 is 0 Å². The third kappa shape index (κ3) is 2.83. The minimum Gasteiger partial charge on any atom is -0.271 e. The maximum atomic E-state index is 5.80. The minimum atomic E-state index is 0.294. The van der Waals surface area contributed by atoms with Crippen LogP contribution in [0.2, 0.25) is 0 Å². The second-order valence-electron chi connectivity index (χ2n) is 5.63. The molecule has 0 bridgehead atoms. The normalized spacial score (nSPS) is 18.2. The second-order valence-corrected chi connectivity index (χ2v) is 6.55. The number of fused-ring (bicyclic) bond motifs is 1. The van der Waals surface area contributed by atoms with E-state index in [1.807, 2.05) is 11.3 Å². The molecule has 19 heavy (non-hydrogen) atoms. The van der Waals surface area contributed by atoms with Crippen LogP contribution >= 0.6 is 11.3 Å². The average Bonchev–Trinajstić information content (AvgIpc) is 3.10. The van der Waals surface area contributed by atoms with Crippen LogP contribution in [0.3, 0.4) is 0 Å². The van der Waals surface area contributed by atoms with Gasteiger partial charge in [0.25, 0.3) is 0 Å². The molecule has 3 N–H and O–H groups in total. The summed E-state index contributed by atoms with van der Waals surface area (Å²) in [6.07, 6.45) is 8.13. The lowest BCUT2D eigenvalue weighted by Crippen LogP contribution is -2.28. The molecular formula is C16H22N2S. The fourth-order valence-corrected chi connectivity index (χ4v) is 4.29. The minimum absolute atomic E-state index is 0.294. The number of thiophene rings is 1. The first-order valence-corrected chi connectivity index (χ1v) is 8.18. The summed E-state index contributed by atoms with van der Waals surface area (Å²) in [5.74, 6) is 6.73. The Morgan fingerprint density at radius 3 is 2.89 bits per heavy atom. The fourth-order valence-electron chi connectivity index (χ4n) is 3.32. The van der Waals surface area contributed by atoms with E-state index in [2.05, 4.69) is 35.1 Å². The predicted molar refractivity (Wildman–Crippen MR) is 83.1 cm³/mol. The van der Waals surface area contributed by atoms with E-state index in [9.17, 15) is 0 Å². The molecule has 1 aromatic heterocycles. The van der Waals surface area contributed by atoms with Crippen molar-refractivity contribution in [1.29, 1.82) is 0 Å². The largest absolute Gasteiger partial charge is 0.271 e. The molecule has 3 heteroatoms. The van der Waals surface area contributed by atoms with E-state index in [0.29, 0.717) is 6.04 Å². The average molecular weight is 274 g/mol. The van der Waals surface area contributed by atoms with Gasteiger partial charge in [-0.2, -0.15) is 0 Å². The smallest absolute Gasteiger partial charge is 0.0474 e. The maximum absolute atomic E-state index is 5.80. The number of nitrogens with two attached hydrogens (primary N) is 1.